The minimum absolute atomic E-state index is 0.0217. The third kappa shape index (κ3) is 2.71. The van der Waals surface area contributed by atoms with Crippen LogP contribution in [0, 0.1) is 23.2 Å². The third-order valence-electron chi connectivity index (χ3n) is 6.93. The first-order valence-electron chi connectivity index (χ1n) is 9.65. The Morgan fingerprint density at radius 1 is 1.35 bits per heavy atom. The van der Waals surface area contributed by atoms with Crippen LogP contribution < -0.4 is 0 Å². The summed E-state index contributed by atoms with van der Waals surface area (Å²) in [5.74, 6) is -0.285. The highest BCUT2D eigenvalue weighted by Crippen LogP contribution is 2.54. The van der Waals surface area contributed by atoms with Crippen LogP contribution in [0.15, 0.2) is 22.8 Å². The molecule has 6 unspecified atom stereocenters. The molecule has 0 saturated heterocycles. The summed E-state index contributed by atoms with van der Waals surface area (Å²) in [6.07, 6.45) is 1.85. The zero-order chi connectivity index (χ0) is 19.4. The van der Waals surface area contributed by atoms with Crippen molar-refractivity contribution in [3.63, 3.8) is 0 Å². The first-order chi connectivity index (χ1) is 12.1. The first-order valence-corrected chi connectivity index (χ1v) is 9.65. The van der Waals surface area contributed by atoms with Gasteiger partial charge in [0.1, 0.15) is 11.7 Å². The minimum Gasteiger partial charge on any atom is -0.392 e. The molecule has 0 amide bonds. The highest BCUT2D eigenvalue weighted by atomic mass is 16.5. The smallest absolute Gasteiger partial charge is 0.188 e. The molecule has 5 heteroatoms. The Kier molecular flexibility index (Phi) is 4.98. The topological polar surface area (TPSA) is 87.0 Å². The number of aliphatic hydroxyl groups excluding tert-OH is 2. The van der Waals surface area contributed by atoms with Crippen molar-refractivity contribution < 1.29 is 24.9 Å². The number of hydrogen-bond acceptors (Lipinski definition) is 5. The largest absolute Gasteiger partial charge is 0.392 e. The maximum absolute atomic E-state index is 12.8. The van der Waals surface area contributed by atoms with Crippen molar-refractivity contribution >= 4 is 5.78 Å². The zero-order valence-corrected chi connectivity index (χ0v) is 16.5. The average Bonchev–Trinajstić information content (AvgIpc) is 2.95. The van der Waals surface area contributed by atoms with Crippen LogP contribution in [0.1, 0.15) is 47.0 Å². The monoisotopic (exact) mass is 364 g/mol. The summed E-state index contributed by atoms with van der Waals surface area (Å²) >= 11 is 0. The summed E-state index contributed by atoms with van der Waals surface area (Å²) in [5.41, 5.74) is 0.263. The van der Waals surface area contributed by atoms with E-state index in [1.54, 1.807) is 7.11 Å². The molecular formula is C21H32O5. The molecule has 0 aromatic rings. The van der Waals surface area contributed by atoms with Crippen LogP contribution in [0.25, 0.3) is 0 Å². The maximum atomic E-state index is 12.8. The number of rotatable bonds is 3. The van der Waals surface area contributed by atoms with Crippen molar-refractivity contribution in [2.75, 3.05) is 13.7 Å². The van der Waals surface area contributed by atoms with E-state index in [9.17, 15) is 20.1 Å². The van der Waals surface area contributed by atoms with E-state index in [1.165, 1.54) is 0 Å². The Bertz CT molecular complexity index is 663. The predicted octanol–water partition coefficient (Wildman–Crippen LogP) is 2.00. The van der Waals surface area contributed by atoms with E-state index in [4.69, 9.17) is 4.74 Å². The molecule has 0 bridgehead atoms. The van der Waals surface area contributed by atoms with Crippen molar-refractivity contribution in [1.29, 1.82) is 0 Å². The molecule has 6 atom stereocenters. The summed E-state index contributed by atoms with van der Waals surface area (Å²) in [4.78, 5) is 12.8. The van der Waals surface area contributed by atoms with Gasteiger partial charge in [0.05, 0.1) is 12.7 Å². The Balaban J connectivity index is 2.23. The van der Waals surface area contributed by atoms with Gasteiger partial charge in [0.25, 0.3) is 0 Å². The van der Waals surface area contributed by atoms with Gasteiger partial charge in [-0.1, -0.05) is 26.8 Å². The van der Waals surface area contributed by atoms with Gasteiger partial charge < -0.3 is 20.1 Å². The number of carbonyl (C=O) groups is 1. The second-order valence-corrected chi connectivity index (χ2v) is 8.94. The van der Waals surface area contributed by atoms with Gasteiger partial charge in [-0.15, -0.1) is 0 Å². The molecule has 1 fully saturated rings. The second kappa shape index (κ2) is 6.55. The SMILES string of the molecule is COCC1(O)CCC2C1=CC1(C)C(=C(C(C)C)C(=O)C1O)CC(O)C2C. The fourth-order valence-electron chi connectivity index (χ4n) is 5.36. The first kappa shape index (κ1) is 19.7. The molecule has 0 radical (unpaired) electrons. The zero-order valence-electron chi connectivity index (χ0n) is 16.5. The summed E-state index contributed by atoms with van der Waals surface area (Å²) < 4.78 is 5.27. The number of ketones is 1. The normalized spacial score (nSPS) is 43.3. The molecule has 0 spiro atoms. The molecular weight excluding hydrogens is 332 g/mol. The van der Waals surface area contributed by atoms with E-state index in [0.29, 0.717) is 18.4 Å². The number of carbonyl (C=O) groups excluding carboxylic acids is 1. The Morgan fingerprint density at radius 3 is 2.58 bits per heavy atom. The number of hydrogen-bond donors (Lipinski definition) is 3. The van der Waals surface area contributed by atoms with Gasteiger partial charge in [0.2, 0.25) is 0 Å². The molecule has 0 aliphatic heterocycles. The van der Waals surface area contributed by atoms with Crippen LogP contribution >= 0.6 is 0 Å². The molecule has 1 saturated carbocycles. The predicted molar refractivity (Wildman–Crippen MR) is 98.4 cm³/mol. The van der Waals surface area contributed by atoms with Gasteiger partial charge in [-0.3, -0.25) is 4.79 Å². The van der Waals surface area contributed by atoms with Crippen LogP contribution in [-0.4, -0.2) is 52.6 Å². The standard InChI is InChI=1S/C21H32O5/c1-11(2)17-14-8-16(22)12(3)13-6-7-21(25,10-26-5)15(13)9-20(14,4)19(24)18(17)23/h9,11-13,16,19,22,24-25H,6-8,10H2,1-5H3. The lowest BCUT2D eigenvalue weighted by molar-refractivity contribution is -0.125. The van der Waals surface area contributed by atoms with Crippen molar-refractivity contribution in [3.05, 3.63) is 22.8 Å². The summed E-state index contributed by atoms with van der Waals surface area (Å²) in [6, 6.07) is 0. The molecule has 3 N–H and O–H groups in total. The van der Waals surface area contributed by atoms with Gasteiger partial charge in [-0.05, 0) is 55.1 Å². The third-order valence-corrected chi connectivity index (χ3v) is 6.93. The fourth-order valence-corrected chi connectivity index (χ4v) is 5.36. The van der Waals surface area contributed by atoms with E-state index >= 15 is 0 Å². The van der Waals surface area contributed by atoms with Gasteiger partial charge >= 0.3 is 0 Å². The molecule has 0 aromatic heterocycles. The van der Waals surface area contributed by atoms with Crippen molar-refractivity contribution in [3.8, 4) is 0 Å². The van der Waals surface area contributed by atoms with Crippen LogP contribution in [0.3, 0.4) is 0 Å². The molecule has 3 aliphatic carbocycles. The molecule has 26 heavy (non-hydrogen) atoms. The molecule has 5 nitrogen and oxygen atoms in total. The highest BCUT2D eigenvalue weighted by molar-refractivity contribution is 6.04. The van der Waals surface area contributed by atoms with Crippen LogP contribution in [0.4, 0.5) is 0 Å². The Morgan fingerprint density at radius 2 is 2.00 bits per heavy atom. The van der Waals surface area contributed by atoms with Gasteiger partial charge in [-0.2, -0.15) is 0 Å². The second-order valence-electron chi connectivity index (χ2n) is 8.94. The molecule has 146 valence electrons. The van der Waals surface area contributed by atoms with E-state index in [-0.39, 0.29) is 30.1 Å². The highest BCUT2D eigenvalue weighted by Gasteiger charge is 2.54. The number of ether oxygens (including phenoxy) is 1. The number of aliphatic hydroxyl groups is 3. The lowest BCUT2D eigenvalue weighted by Gasteiger charge is -2.39. The summed E-state index contributed by atoms with van der Waals surface area (Å²) in [5, 5.41) is 32.9. The summed E-state index contributed by atoms with van der Waals surface area (Å²) in [6.45, 7) is 7.93. The molecule has 3 rings (SSSR count). The van der Waals surface area contributed by atoms with E-state index in [1.807, 2.05) is 33.8 Å². The van der Waals surface area contributed by atoms with Gasteiger partial charge in [0, 0.05) is 18.1 Å². The van der Waals surface area contributed by atoms with E-state index in [2.05, 4.69) is 0 Å². The van der Waals surface area contributed by atoms with Crippen molar-refractivity contribution in [1.82, 2.24) is 0 Å². The van der Waals surface area contributed by atoms with E-state index in [0.717, 1.165) is 17.6 Å². The van der Waals surface area contributed by atoms with Crippen LogP contribution in [0.5, 0.6) is 0 Å². The van der Waals surface area contributed by atoms with E-state index < -0.39 is 23.2 Å². The van der Waals surface area contributed by atoms with Crippen LogP contribution in [-0.2, 0) is 9.53 Å². The number of methoxy groups -OCH3 is 1. The molecule has 0 aromatic carbocycles. The maximum Gasteiger partial charge on any atom is 0.188 e. The number of fused-ring (bicyclic) bond motifs is 2. The number of Topliss-reactive ketones (excluding diaryl/α,β-unsaturated/α-hetero) is 1. The quantitative estimate of drug-likeness (QED) is 0.667. The Hall–Kier alpha value is -1.01. The lowest BCUT2D eigenvalue weighted by Crippen LogP contribution is -2.41. The molecule has 0 heterocycles. The minimum atomic E-state index is -1.17. The lowest BCUT2D eigenvalue weighted by atomic mass is 9.68. The Labute approximate surface area is 155 Å². The van der Waals surface area contributed by atoms with Crippen molar-refractivity contribution in [2.24, 2.45) is 23.2 Å². The van der Waals surface area contributed by atoms with Gasteiger partial charge in [-0.25, -0.2) is 0 Å². The van der Waals surface area contributed by atoms with Crippen molar-refractivity contribution in [2.45, 2.75) is 64.8 Å². The summed E-state index contributed by atoms with van der Waals surface area (Å²) in [7, 11) is 1.56. The molecule has 3 aliphatic rings. The van der Waals surface area contributed by atoms with Gasteiger partial charge in [0.15, 0.2) is 5.78 Å². The fraction of sp³-hybridized carbons (Fsp3) is 0.762. The van der Waals surface area contributed by atoms with Crippen LogP contribution in [0.2, 0.25) is 0 Å². The average molecular weight is 364 g/mol.